The highest BCUT2D eigenvalue weighted by Crippen LogP contribution is 2.17. The molecule has 0 saturated heterocycles. The minimum Gasteiger partial charge on any atom is -0.348 e. The number of halogens is 1. The number of nitrogens with one attached hydrogen (secondary N) is 3. The van der Waals surface area contributed by atoms with Gasteiger partial charge in [-0.15, -0.1) is 12.4 Å². The maximum absolute atomic E-state index is 11.4. The fourth-order valence-corrected chi connectivity index (χ4v) is 1.63. The van der Waals surface area contributed by atoms with E-state index in [0.29, 0.717) is 0 Å². The average molecular weight is 286 g/mol. The van der Waals surface area contributed by atoms with Gasteiger partial charge in [0.1, 0.15) is 0 Å². The van der Waals surface area contributed by atoms with Crippen molar-refractivity contribution in [2.75, 3.05) is 18.9 Å². The Hall–Kier alpha value is -1.59. The summed E-state index contributed by atoms with van der Waals surface area (Å²) in [4.78, 5) is 22.4. The fourth-order valence-electron chi connectivity index (χ4n) is 1.63. The van der Waals surface area contributed by atoms with Crippen molar-refractivity contribution in [3.8, 4) is 0 Å². The zero-order valence-corrected chi connectivity index (χ0v) is 12.1. The van der Waals surface area contributed by atoms with Crippen LogP contribution < -0.4 is 16.0 Å². The van der Waals surface area contributed by atoms with Crippen LogP contribution in [0.5, 0.6) is 0 Å². The summed E-state index contributed by atoms with van der Waals surface area (Å²) in [5.41, 5.74) is 1.68. The molecular formula is C13H20ClN3O2. The first-order chi connectivity index (χ1) is 8.52. The van der Waals surface area contributed by atoms with Crippen LogP contribution in [0.2, 0.25) is 0 Å². The lowest BCUT2D eigenvalue weighted by Gasteiger charge is -2.15. The topological polar surface area (TPSA) is 70.2 Å². The Morgan fingerprint density at radius 1 is 1.32 bits per heavy atom. The van der Waals surface area contributed by atoms with Gasteiger partial charge in [-0.2, -0.15) is 0 Å². The number of hydrogen-bond donors (Lipinski definition) is 3. The van der Waals surface area contributed by atoms with Gasteiger partial charge in [-0.3, -0.25) is 9.59 Å². The lowest BCUT2D eigenvalue weighted by molar-refractivity contribution is -0.120. The molecule has 5 nitrogen and oxygen atoms in total. The van der Waals surface area contributed by atoms with Gasteiger partial charge in [0.25, 0.3) is 0 Å². The summed E-state index contributed by atoms with van der Waals surface area (Å²) >= 11 is 0. The predicted molar refractivity (Wildman–Crippen MR) is 78.5 cm³/mol. The van der Waals surface area contributed by atoms with Crippen LogP contribution in [0.4, 0.5) is 5.69 Å². The minimum atomic E-state index is -0.112. The van der Waals surface area contributed by atoms with E-state index in [4.69, 9.17) is 0 Å². The summed E-state index contributed by atoms with van der Waals surface area (Å²) in [5.74, 6) is -0.172. The third kappa shape index (κ3) is 6.22. The van der Waals surface area contributed by atoms with Crippen LogP contribution in [0.25, 0.3) is 0 Å². The highest BCUT2D eigenvalue weighted by molar-refractivity contribution is 5.88. The maximum Gasteiger partial charge on any atom is 0.234 e. The summed E-state index contributed by atoms with van der Waals surface area (Å²) in [5, 5.41) is 8.37. The molecule has 1 rings (SSSR count). The smallest absolute Gasteiger partial charge is 0.234 e. The van der Waals surface area contributed by atoms with Gasteiger partial charge in [-0.25, -0.2) is 0 Å². The zero-order chi connectivity index (χ0) is 13.5. The van der Waals surface area contributed by atoms with Crippen LogP contribution in [-0.4, -0.2) is 25.4 Å². The number of rotatable bonds is 5. The number of amides is 2. The van der Waals surface area contributed by atoms with Crippen molar-refractivity contribution in [2.24, 2.45) is 0 Å². The Morgan fingerprint density at radius 2 is 2.00 bits per heavy atom. The molecule has 0 aliphatic rings. The first-order valence-corrected chi connectivity index (χ1v) is 5.84. The van der Waals surface area contributed by atoms with Gasteiger partial charge in [-0.05, 0) is 31.7 Å². The number of carbonyl (C=O) groups excluding carboxylic acids is 2. The van der Waals surface area contributed by atoms with Gasteiger partial charge in [-0.1, -0.05) is 12.1 Å². The van der Waals surface area contributed by atoms with E-state index in [1.165, 1.54) is 6.92 Å². The quantitative estimate of drug-likeness (QED) is 0.767. The number of anilines is 1. The third-order valence-corrected chi connectivity index (χ3v) is 2.42. The van der Waals surface area contributed by atoms with Crippen molar-refractivity contribution in [3.05, 3.63) is 29.8 Å². The fraction of sp³-hybridized carbons (Fsp3) is 0.385. The molecule has 1 unspecified atom stereocenters. The predicted octanol–water partition coefficient (Wildman–Crippen LogP) is 1.46. The molecular weight excluding hydrogens is 266 g/mol. The van der Waals surface area contributed by atoms with Gasteiger partial charge >= 0.3 is 0 Å². The summed E-state index contributed by atoms with van der Waals surface area (Å²) in [7, 11) is 1.72. The molecule has 6 heteroatoms. The molecule has 0 aliphatic heterocycles. The van der Waals surface area contributed by atoms with Gasteiger partial charge in [0.2, 0.25) is 11.8 Å². The molecule has 1 atom stereocenters. The lowest BCUT2D eigenvalue weighted by atomic mass is 10.1. The Kier molecular flexibility index (Phi) is 7.79. The van der Waals surface area contributed by atoms with Crippen molar-refractivity contribution in [2.45, 2.75) is 19.9 Å². The number of carbonyl (C=O) groups is 2. The highest BCUT2D eigenvalue weighted by Gasteiger charge is 2.09. The van der Waals surface area contributed by atoms with Gasteiger partial charge < -0.3 is 16.0 Å². The first-order valence-electron chi connectivity index (χ1n) is 5.84. The monoisotopic (exact) mass is 285 g/mol. The zero-order valence-electron chi connectivity index (χ0n) is 11.3. The second-order valence-corrected chi connectivity index (χ2v) is 4.13. The highest BCUT2D eigenvalue weighted by atomic mass is 35.5. The average Bonchev–Trinajstić information content (AvgIpc) is 2.28. The summed E-state index contributed by atoms with van der Waals surface area (Å²) in [6, 6.07) is 7.33. The molecule has 0 fully saturated rings. The van der Waals surface area contributed by atoms with Crippen LogP contribution in [0.3, 0.4) is 0 Å². The van der Waals surface area contributed by atoms with E-state index in [1.807, 2.05) is 31.2 Å². The number of benzene rings is 1. The van der Waals surface area contributed by atoms with E-state index < -0.39 is 0 Å². The Bertz CT molecular complexity index is 438. The second-order valence-electron chi connectivity index (χ2n) is 4.13. The van der Waals surface area contributed by atoms with Gasteiger partial charge in [0.05, 0.1) is 12.6 Å². The Labute approximate surface area is 119 Å². The lowest BCUT2D eigenvalue weighted by Crippen LogP contribution is -2.33. The SMILES string of the molecule is CNCC(=O)NC(C)c1cccc(NC(C)=O)c1.Cl. The normalized spacial score (nSPS) is 11.1. The maximum atomic E-state index is 11.4. The second kappa shape index (κ2) is 8.50. The largest absolute Gasteiger partial charge is 0.348 e. The summed E-state index contributed by atoms with van der Waals surface area (Å²) < 4.78 is 0. The van der Waals surface area contributed by atoms with Crippen LogP contribution in [0.1, 0.15) is 25.5 Å². The molecule has 0 bridgehead atoms. The molecule has 3 N–H and O–H groups in total. The van der Waals surface area contributed by atoms with Crippen molar-refractivity contribution in [1.29, 1.82) is 0 Å². The van der Waals surface area contributed by atoms with Crippen molar-refractivity contribution in [1.82, 2.24) is 10.6 Å². The molecule has 0 aromatic heterocycles. The van der Waals surface area contributed by atoms with E-state index >= 15 is 0 Å². The standard InChI is InChI=1S/C13H19N3O2.ClH/c1-9(15-13(18)8-14-3)11-5-4-6-12(7-11)16-10(2)17;/h4-7,9,14H,8H2,1-3H3,(H,15,18)(H,16,17);1H. The van der Waals surface area contributed by atoms with Crippen molar-refractivity contribution < 1.29 is 9.59 Å². The molecule has 19 heavy (non-hydrogen) atoms. The number of likely N-dealkylation sites (N-methyl/N-ethyl adjacent to an activating group) is 1. The first kappa shape index (κ1) is 17.4. The van der Waals surface area contributed by atoms with Crippen LogP contribution in [-0.2, 0) is 9.59 Å². The summed E-state index contributed by atoms with van der Waals surface area (Å²) in [6.45, 7) is 3.65. The van der Waals surface area contributed by atoms with E-state index in [9.17, 15) is 9.59 Å². The van der Waals surface area contributed by atoms with Crippen LogP contribution >= 0.6 is 12.4 Å². The molecule has 1 aromatic carbocycles. The molecule has 0 spiro atoms. The number of hydrogen-bond acceptors (Lipinski definition) is 3. The van der Waals surface area contributed by atoms with Crippen LogP contribution in [0.15, 0.2) is 24.3 Å². The van der Waals surface area contributed by atoms with E-state index in [0.717, 1.165) is 11.3 Å². The Balaban J connectivity index is 0.00000324. The van der Waals surface area contributed by atoms with Gasteiger partial charge in [0.15, 0.2) is 0 Å². The molecule has 2 amide bonds. The van der Waals surface area contributed by atoms with Crippen LogP contribution in [0, 0.1) is 0 Å². The molecule has 0 radical (unpaired) electrons. The van der Waals surface area contributed by atoms with E-state index in [2.05, 4.69) is 16.0 Å². The molecule has 106 valence electrons. The molecule has 0 saturated carbocycles. The van der Waals surface area contributed by atoms with Gasteiger partial charge in [0, 0.05) is 12.6 Å². The van der Waals surface area contributed by atoms with Crippen molar-refractivity contribution in [3.63, 3.8) is 0 Å². The Morgan fingerprint density at radius 3 is 2.58 bits per heavy atom. The molecule has 1 aromatic rings. The third-order valence-electron chi connectivity index (χ3n) is 2.42. The van der Waals surface area contributed by atoms with E-state index in [1.54, 1.807) is 7.05 Å². The minimum absolute atomic E-state index is 0. The van der Waals surface area contributed by atoms with E-state index in [-0.39, 0.29) is 36.8 Å². The summed E-state index contributed by atoms with van der Waals surface area (Å²) in [6.07, 6.45) is 0. The molecule has 0 aliphatic carbocycles. The molecule has 0 heterocycles. The van der Waals surface area contributed by atoms with Crippen molar-refractivity contribution >= 4 is 29.9 Å².